The van der Waals surface area contributed by atoms with E-state index in [9.17, 15) is 4.79 Å². The zero-order chi connectivity index (χ0) is 11.8. The first-order chi connectivity index (χ1) is 7.72. The van der Waals surface area contributed by atoms with E-state index in [0.29, 0.717) is 0 Å². The number of nitrogens with zero attached hydrogens (tertiary/aromatic N) is 1. The summed E-state index contributed by atoms with van der Waals surface area (Å²) in [5.74, 6) is -0.743. The van der Waals surface area contributed by atoms with E-state index in [1.54, 1.807) is 11.3 Å². The monoisotopic (exact) mass is 241 g/mol. The zero-order valence-electron chi connectivity index (χ0n) is 9.69. The summed E-state index contributed by atoms with van der Waals surface area (Å²) in [7, 11) is 0. The van der Waals surface area contributed by atoms with Crippen LogP contribution in [-0.2, 0) is 11.3 Å². The summed E-state index contributed by atoms with van der Waals surface area (Å²) in [5, 5.41) is 10.9. The minimum Gasteiger partial charge on any atom is -0.480 e. The molecule has 0 unspecified atom stereocenters. The van der Waals surface area contributed by atoms with Crippen molar-refractivity contribution in [3.05, 3.63) is 22.4 Å². The van der Waals surface area contributed by atoms with E-state index in [2.05, 4.69) is 13.0 Å². The molecule has 0 amide bonds. The molecule has 1 aromatic rings. The third-order valence-electron chi connectivity index (χ3n) is 2.40. The van der Waals surface area contributed by atoms with Crippen molar-refractivity contribution >= 4 is 17.3 Å². The first-order valence-electron chi connectivity index (χ1n) is 5.69. The van der Waals surface area contributed by atoms with Crippen LogP contribution in [0, 0.1) is 0 Å². The number of carbonyl (C=O) groups is 1. The Bertz CT molecular complexity index is 298. The number of carboxylic acid groups (broad SMARTS) is 1. The van der Waals surface area contributed by atoms with Crippen LogP contribution in [0.4, 0.5) is 0 Å². The van der Waals surface area contributed by atoms with E-state index in [4.69, 9.17) is 5.11 Å². The highest BCUT2D eigenvalue weighted by molar-refractivity contribution is 7.09. The molecule has 0 saturated carbocycles. The van der Waals surface area contributed by atoms with Gasteiger partial charge in [-0.15, -0.1) is 11.3 Å². The lowest BCUT2D eigenvalue weighted by Crippen LogP contribution is -2.30. The Morgan fingerprint density at radius 1 is 1.50 bits per heavy atom. The summed E-state index contributed by atoms with van der Waals surface area (Å²) in [6.07, 6.45) is 3.41. The molecule has 3 nitrogen and oxygen atoms in total. The number of aliphatic carboxylic acids is 1. The van der Waals surface area contributed by atoms with E-state index >= 15 is 0 Å². The van der Waals surface area contributed by atoms with Crippen molar-refractivity contribution in [2.24, 2.45) is 0 Å². The Morgan fingerprint density at radius 3 is 2.88 bits per heavy atom. The van der Waals surface area contributed by atoms with Gasteiger partial charge in [-0.1, -0.05) is 25.8 Å². The lowest BCUT2D eigenvalue weighted by atomic mass is 10.2. The normalized spacial score (nSPS) is 10.9. The van der Waals surface area contributed by atoms with Gasteiger partial charge in [-0.3, -0.25) is 9.69 Å². The molecule has 16 heavy (non-hydrogen) atoms. The van der Waals surface area contributed by atoms with Crippen LogP contribution in [0.15, 0.2) is 17.5 Å². The van der Waals surface area contributed by atoms with Crippen molar-refractivity contribution in [3.8, 4) is 0 Å². The summed E-state index contributed by atoms with van der Waals surface area (Å²) in [5.41, 5.74) is 0. The smallest absolute Gasteiger partial charge is 0.317 e. The average Bonchev–Trinajstić information content (AvgIpc) is 2.69. The van der Waals surface area contributed by atoms with Gasteiger partial charge < -0.3 is 5.11 Å². The van der Waals surface area contributed by atoms with Gasteiger partial charge in [0.25, 0.3) is 0 Å². The van der Waals surface area contributed by atoms with E-state index in [1.165, 1.54) is 17.7 Å². The van der Waals surface area contributed by atoms with Crippen LogP contribution in [0.5, 0.6) is 0 Å². The molecule has 0 aromatic carbocycles. The van der Waals surface area contributed by atoms with Crippen LogP contribution in [0.1, 0.15) is 31.1 Å². The first-order valence-corrected chi connectivity index (χ1v) is 6.57. The molecule has 1 N–H and O–H groups in total. The van der Waals surface area contributed by atoms with Crippen LogP contribution in [0.25, 0.3) is 0 Å². The Morgan fingerprint density at radius 2 is 2.31 bits per heavy atom. The Balaban J connectivity index is 2.40. The van der Waals surface area contributed by atoms with Gasteiger partial charge in [0.05, 0.1) is 6.54 Å². The van der Waals surface area contributed by atoms with Crippen molar-refractivity contribution in [2.45, 2.75) is 32.7 Å². The van der Waals surface area contributed by atoms with Crippen molar-refractivity contribution < 1.29 is 9.90 Å². The summed E-state index contributed by atoms with van der Waals surface area (Å²) >= 11 is 1.68. The molecule has 1 aromatic heterocycles. The van der Waals surface area contributed by atoms with Crippen LogP contribution in [0.3, 0.4) is 0 Å². The van der Waals surface area contributed by atoms with Crippen LogP contribution < -0.4 is 0 Å². The second kappa shape index (κ2) is 7.41. The van der Waals surface area contributed by atoms with Crippen molar-refractivity contribution in [2.75, 3.05) is 13.1 Å². The lowest BCUT2D eigenvalue weighted by molar-refractivity contribution is -0.138. The molecule has 1 heterocycles. The Labute approximate surface area is 101 Å². The van der Waals surface area contributed by atoms with Gasteiger partial charge in [0.15, 0.2) is 0 Å². The van der Waals surface area contributed by atoms with Crippen molar-refractivity contribution in [1.82, 2.24) is 4.90 Å². The summed E-state index contributed by atoms with van der Waals surface area (Å²) in [6, 6.07) is 4.06. The summed E-state index contributed by atoms with van der Waals surface area (Å²) in [6.45, 7) is 3.92. The fourth-order valence-electron chi connectivity index (χ4n) is 1.61. The van der Waals surface area contributed by atoms with Gasteiger partial charge >= 0.3 is 5.97 Å². The van der Waals surface area contributed by atoms with Crippen LogP contribution in [0.2, 0.25) is 0 Å². The maximum atomic E-state index is 10.7. The number of thiophene rings is 1. The highest BCUT2D eigenvalue weighted by Gasteiger charge is 2.10. The van der Waals surface area contributed by atoms with Crippen LogP contribution in [-0.4, -0.2) is 29.1 Å². The predicted molar refractivity (Wildman–Crippen MR) is 66.8 cm³/mol. The van der Waals surface area contributed by atoms with Gasteiger partial charge in [-0.05, 0) is 24.4 Å². The maximum Gasteiger partial charge on any atom is 0.317 e. The van der Waals surface area contributed by atoms with Gasteiger partial charge in [-0.25, -0.2) is 0 Å². The molecule has 0 aliphatic carbocycles. The number of hydrogen-bond acceptors (Lipinski definition) is 3. The number of carboxylic acids is 1. The predicted octanol–water partition coefficient (Wildman–Crippen LogP) is 2.82. The van der Waals surface area contributed by atoms with Crippen molar-refractivity contribution in [3.63, 3.8) is 0 Å². The molecule has 0 aliphatic rings. The summed E-state index contributed by atoms with van der Waals surface area (Å²) < 4.78 is 0. The minimum atomic E-state index is -0.743. The fraction of sp³-hybridized carbons (Fsp3) is 0.583. The molecule has 0 radical (unpaired) electrons. The molecule has 0 fully saturated rings. The van der Waals surface area contributed by atoms with E-state index in [-0.39, 0.29) is 6.54 Å². The average molecular weight is 241 g/mol. The lowest BCUT2D eigenvalue weighted by Gasteiger charge is -2.19. The topological polar surface area (TPSA) is 40.5 Å². The largest absolute Gasteiger partial charge is 0.480 e. The number of unbranched alkanes of at least 4 members (excludes halogenated alkanes) is 2. The van der Waals surface area contributed by atoms with Crippen molar-refractivity contribution in [1.29, 1.82) is 0 Å². The maximum absolute atomic E-state index is 10.7. The molecule has 0 saturated heterocycles. The molecule has 1 rings (SSSR count). The molecule has 0 spiro atoms. The molecular weight excluding hydrogens is 222 g/mol. The number of hydrogen-bond donors (Lipinski definition) is 1. The third-order valence-corrected chi connectivity index (χ3v) is 3.26. The third kappa shape index (κ3) is 5.28. The SMILES string of the molecule is CCCCCN(CC(=O)O)Cc1cccs1. The molecule has 4 heteroatoms. The molecule has 90 valence electrons. The quantitative estimate of drug-likeness (QED) is 0.711. The molecular formula is C12H19NO2S. The molecule has 0 atom stereocenters. The highest BCUT2D eigenvalue weighted by atomic mass is 32.1. The van der Waals surface area contributed by atoms with E-state index in [0.717, 1.165) is 19.5 Å². The first kappa shape index (κ1) is 13.2. The second-order valence-corrected chi connectivity index (χ2v) is 4.92. The second-order valence-electron chi connectivity index (χ2n) is 3.89. The fourth-order valence-corrected chi connectivity index (χ4v) is 2.36. The minimum absolute atomic E-state index is 0.140. The highest BCUT2D eigenvalue weighted by Crippen LogP contribution is 2.12. The van der Waals surface area contributed by atoms with Gasteiger partial charge in [0.2, 0.25) is 0 Å². The standard InChI is InChI=1S/C12H19NO2S/c1-2-3-4-7-13(10-12(14)15)9-11-6-5-8-16-11/h5-6,8H,2-4,7,9-10H2,1H3,(H,14,15). The summed E-state index contributed by atoms with van der Waals surface area (Å²) in [4.78, 5) is 14.0. The van der Waals surface area contributed by atoms with E-state index < -0.39 is 5.97 Å². The van der Waals surface area contributed by atoms with E-state index in [1.807, 2.05) is 16.3 Å². The Kier molecular flexibility index (Phi) is 6.11. The Hall–Kier alpha value is -0.870. The van der Waals surface area contributed by atoms with Gasteiger partial charge in [0.1, 0.15) is 0 Å². The van der Waals surface area contributed by atoms with Crippen LogP contribution >= 0.6 is 11.3 Å². The zero-order valence-corrected chi connectivity index (χ0v) is 10.5. The van der Waals surface area contributed by atoms with Gasteiger partial charge in [0, 0.05) is 11.4 Å². The molecule has 0 bridgehead atoms. The number of rotatable bonds is 8. The van der Waals surface area contributed by atoms with Gasteiger partial charge in [-0.2, -0.15) is 0 Å². The molecule has 0 aliphatic heterocycles.